The van der Waals surface area contributed by atoms with Gasteiger partial charge < -0.3 is 10.2 Å². The molecule has 1 aliphatic carbocycles. The molecule has 0 amide bonds. The molecule has 0 spiro atoms. The van der Waals surface area contributed by atoms with Crippen molar-refractivity contribution in [1.29, 1.82) is 0 Å². The molecule has 2 nitrogen and oxygen atoms in total. The van der Waals surface area contributed by atoms with Gasteiger partial charge in [0.05, 0.1) is 0 Å². The van der Waals surface area contributed by atoms with Crippen molar-refractivity contribution in [3.8, 4) is 11.5 Å². The van der Waals surface area contributed by atoms with Crippen LogP contribution >= 0.6 is 0 Å². The summed E-state index contributed by atoms with van der Waals surface area (Å²) in [5.74, 6) is -0.338. The zero-order valence-corrected chi connectivity index (χ0v) is 12.1. The Hall–Kier alpha value is -1.70. The van der Waals surface area contributed by atoms with Crippen LogP contribution in [0.15, 0.2) is 35.9 Å². The largest absolute Gasteiger partial charge is 0.507 e. The van der Waals surface area contributed by atoms with Crippen LogP contribution in [0.2, 0.25) is 0 Å². The van der Waals surface area contributed by atoms with Gasteiger partial charge in [-0.05, 0) is 56.7 Å². The minimum Gasteiger partial charge on any atom is -0.507 e. The van der Waals surface area contributed by atoms with E-state index < -0.39 is 6.85 Å². The van der Waals surface area contributed by atoms with E-state index in [4.69, 9.17) is 4.11 Å². The molecule has 2 unspecified atom stereocenters. The van der Waals surface area contributed by atoms with Crippen molar-refractivity contribution < 1.29 is 14.3 Å². The van der Waals surface area contributed by atoms with Crippen molar-refractivity contribution in [2.24, 2.45) is 5.92 Å². The normalized spacial score (nSPS) is 25.3. The molecule has 2 atom stereocenters. The second kappa shape index (κ2) is 5.74. The molecular weight excluding hydrogens is 248 g/mol. The SMILES string of the molecule is [2H]C([2H])([2H])C1=CC(c2c(O)cc(CC)cc2O)C(C(=C)C)CC1. The Balaban J connectivity index is 2.58. The lowest BCUT2D eigenvalue weighted by Crippen LogP contribution is -2.17. The van der Waals surface area contributed by atoms with Gasteiger partial charge >= 0.3 is 0 Å². The molecule has 108 valence electrons. The second-order valence-electron chi connectivity index (χ2n) is 5.61. The van der Waals surface area contributed by atoms with Crippen molar-refractivity contribution in [3.63, 3.8) is 0 Å². The van der Waals surface area contributed by atoms with Crippen LogP contribution in [-0.4, -0.2) is 10.2 Å². The minimum absolute atomic E-state index is 0.00498. The third kappa shape index (κ3) is 2.74. The van der Waals surface area contributed by atoms with Gasteiger partial charge in [0.1, 0.15) is 11.5 Å². The highest BCUT2D eigenvalue weighted by Crippen LogP contribution is 2.46. The quantitative estimate of drug-likeness (QED) is 0.787. The number of rotatable bonds is 3. The predicted octanol–water partition coefficient (Wildman–Crippen LogP) is 4.68. The first kappa shape index (κ1) is 11.0. The molecule has 1 aromatic carbocycles. The monoisotopic (exact) mass is 275 g/mol. The maximum atomic E-state index is 10.4. The van der Waals surface area contributed by atoms with E-state index >= 15 is 0 Å². The van der Waals surface area contributed by atoms with Gasteiger partial charge in [-0.1, -0.05) is 30.7 Å². The Morgan fingerprint density at radius 2 is 2.05 bits per heavy atom. The molecule has 0 saturated carbocycles. The molecule has 1 aliphatic rings. The Labute approximate surface area is 125 Å². The average molecular weight is 275 g/mol. The molecule has 0 saturated heterocycles. The van der Waals surface area contributed by atoms with E-state index in [9.17, 15) is 10.2 Å². The number of aryl methyl sites for hydroxylation is 1. The molecule has 2 heteroatoms. The summed E-state index contributed by atoms with van der Waals surface area (Å²) in [6.07, 6.45) is 3.53. The number of phenolic OH excluding ortho intramolecular Hbond substituents is 2. The van der Waals surface area contributed by atoms with Crippen molar-refractivity contribution in [1.82, 2.24) is 0 Å². The van der Waals surface area contributed by atoms with Crippen LogP contribution in [0.3, 0.4) is 0 Å². The lowest BCUT2D eigenvalue weighted by molar-refractivity contribution is 0.406. The van der Waals surface area contributed by atoms with Crippen molar-refractivity contribution in [2.75, 3.05) is 0 Å². The molecule has 0 aliphatic heterocycles. The highest BCUT2D eigenvalue weighted by Gasteiger charge is 2.29. The van der Waals surface area contributed by atoms with Gasteiger partial charge in [0, 0.05) is 15.6 Å². The summed E-state index contributed by atoms with van der Waals surface area (Å²) in [4.78, 5) is 0. The Morgan fingerprint density at radius 1 is 1.40 bits per heavy atom. The van der Waals surface area contributed by atoms with Crippen LogP contribution in [-0.2, 0) is 6.42 Å². The van der Waals surface area contributed by atoms with E-state index in [-0.39, 0.29) is 23.3 Å². The molecule has 1 aromatic rings. The highest BCUT2D eigenvalue weighted by molar-refractivity contribution is 5.51. The van der Waals surface area contributed by atoms with Crippen LogP contribution in [0, 0.1) is 5.92 Å². The number of aromatic hydroxyl groups is 2. The summed E-state index contributed by atoms with van der Waals surface area (Å²) in [5.41, 5.74) is 2.55. The average Bonchev–Trinajstić information content (AvgIpc) is 2.45. The fourth-order valence-electron chi connectivity index (χ4n) is 2.97. The number of allylic oxidation sites excluding steroid dienone is 3. The molecule has 0 heterocycles. The van der Waals surface area contributed by atoms with Gasteiger partial charge in [0.15, 0.2) is 0 Å². The standard InChI is InChI=1S/C18H24O2/c1-5-13-9-16(19)18(17(20)10-13)15-8-12(4)6-7-14(15)11(2)3/h8-10,14-15,19-20H,2,5-7H2,1,3-4H3/i4D3. The highest BCUT2D eigenvalue weighted by atomic mass is 16.3. The molecule has 0 bridgehead atoms. The van der Waals surface area contributed by atoms with Crippen LogP contribution < -0.4 is 0 Å². The fourth-order valence-corrected chi connectivity index (χ4v) is 2.97. The number of benzene rings is 1. The Kier molecular flexibility index (Phi) is 3.16. The summed E-state index contributed by atoms with van der Waals surface area (Å²) in [7, 11) is 0. The van der Waals surface area contributed by atoms with E-state index in [0.717, 1.165) is 11.1 Å². The lowest BCUT2D eigenvalue weighted by atomic mass is 9.73. The topological polar surface area (TPSA) is 40.5 Å². The second-order valence-corrected chi connectivity index (χ2v) is 5.61. The summed E-state index contributed by atoms with van der Waals surface area (Å²) < 4.78 is 22.9. The van der Waals surface area contributed by atoms with E-state index in [1.807, 2.05) is 13.8 Å². The smallest absolute Gasteiger partial charge is 0.123 e. The van der Waals surface area contributed by atoms with Crippen LogP contribution in [0.5, 0.6) is 11.5 Å². The molecule has 2 N–H and O–H groups in total. The summed E-state index contributed by atoms with van der Waals surface area (Å²) in [6.45, 7) is 5.70. The predicted molar refractivity (Wildman–Crippen MR) is 83.2 cm³/mol. The minimum atomic E-state index is -2.15. The van der Waals surface area contributed by atoms with E-state index in [2.05, 4.69) is 6.58 Å². The number of hydrogen-bond donors (Lipinski definition) is 2. The van der Waals surface area contributed by atoms with Crippen molar-refractivity contribution in [2.45, 2.75) is 45.9 Å². The van der Waals surface area contributed by atoms with Crippen molar-refractivity contribution in [3.05, 3.63) is 47.1 Å². The molecule has 0 radical (unpaired) electrons. The van der Waals surface area contributed by atoms with Crippen LogP contribution in [0.4, 0.5) is 0 Å². The molecule has 0 aromatic heterocycles. The number of hydrogen-bond acceptors (Lipinski definition) is 2. The summed E-state index contributed by atoms with van der Waals surface area (Å²) in [6, 6.07) is 3.28. The van der Waals surface area contributed by atoms with Crippen LogP contribution in [0.1, 0.15) is 54.7 Å². The zero-order chi connectivity index (χ0) is 17.4. The third-order valence-electron chi connectivity index (χ3n) is 4.11. The third-order valence-corrected chi connectivity index (χ3v) is 4.11. The van der Waals surface area contributed by atoms with Gasteiger partial charge in [0.2, 0.25) is 0 Å². The molecule has 0 fully saturated rings. The first-order valence-corrected chi connectivity index (χ1v) is 7.06. The van der Waals surface area contributed by atoms with Gasteiger partial charge in [-0.15, -0.1) is 0 Å². The maximum absolute atomic E-state index is 10.4. The Bertz CT molecular complexity index is 621. The molecule has 2 rings (SSSR count). The van der Waals surface area contributed by atoms with Crippen molar-refractivity contribution >= 4 is 0 Å². The van der Waals surface area contributed by atoms with E-state index in [0.29, 0.717) is 30.4 Å². The first-order chi connectivity index (χ1) is 10.6. The number of phenols is 2. The maximum Gasteiger partial charge on any atom is 0.123 e. The first-order valence-electron chi connectivity index (χ1n) is 8.56. The lowest BCUT2D eigenvalue weighted by Gasteiger charge is -2.31. The van der Waals surface area contributed by atoms with Crippen LogP contribution in [0.25, 0.3) is 0 Å². The molecule has 20 heavy (non-hydrogen) atoms. The van der Waals surface area contributed by atoms with E-state index in [1.54, 1.807) is 18.2 Å². The van der Waals surface area contributed by atoms with Gasteiger partial charge in [-0.2, -0.15) is 0 Å². The van der Waals surface area contributed by atoms with Gasteiger partial charge in [-0.25, -0.2) is 0 Å². The van der Waals surface area contributed by atoms with E-state index in [1.165, 1.54) is 0 Å². The van der Waals surface area contributed by atoms with Gasteiger partial charge in [-0.3, -0.25) is 0 Å². The summed E-state index contributed by atoms with van der Waals surface area (Å²) in [5, 5.41) is 20.8. The molecular formula is C18H24O2. The summed E-state index contributed by atoms with van der Waals surface area (Å²) >= 11 is 0. The fraction of sp³-hybridized carbons (Fsp3) is 0.444. The van der Waals surface area contributed by atoms with Gasteiger partial charge in [0.25, 0.3) is 0 Å². The zero-order valence-electron chi connectivity index (χ0n) is 15.1. The Morgan fingerprint density at radius 3 is 2.55 bits per heavy atom.